The van der Waals surface area contributed by atoms with Gasteiger partial charge in [-0.3, -0.25) is 4.79 Å². The number of nitrogens with zero attached hydrogens (tertiary/aromatic N) is 3. The second kappa shape index (κ2) is 8.79. The zero-order valence-corrected chi connectivity index (χ0v) is 16.6. The molecule has 0 saturated carbocycles. The molecule has 1 aliphatic rings. The van der Waals surface area contributed by atoms with E-state index in [1.54, 1.807) is 4.90 Å². The van der Waals surface area contributed by atoms with Crippen molar-refractivity contribution in [3.8, 4) is 5.75 Å². The second-order valence-corrected chi connectivity index (χ2v) is 7.31. The van der Waals surface area contributed by atoms with Crippen molar-refractivity contribution in [2.75, 3.05) is 18.4 Å². The summed E-state index contributed by atoms with van der Waals surface area (Å²) in [4.78, 5) is 23.3. The molecule has 2 heterocycles. The highest BCUT2D eigenvalue weighted by atomic mass is 19.4. The minimum atomic E-state index is -4.87. The minimum absolute atomic E-state index is 0.0980. The van der Waals surface area contributed by atoms with Gasteiger partial charge in [0.15, 0.2) is 0 Å². The number of fused-ring (bicyclic) bond motifs is 1. The Bertz CT molecular complexity index is 1070. The number of piperidine rings is 1. The van der Waals surface area contributed by atoms with Crippen LogP contribution in [0.2, 0.25) is 0 Å². The quantitative estimate of drug-likeness (QED) is 0.639. The molecule has 2 aromatic carbocycles. The van der Waals surface area contributed by atoms with E-state index < -0.39 is 18.0 Å². The van der Waals surface area contributed by atoms with Gasteiger partial charge in [-0.05, 0) is 43.5 Å². The molecule has 0 radical (unpaired) electrons. The molecule has 9 heteroatoms. The maximum atomic E-state index is 13.2. The molecule has 0 bridgehead atoms. The molecule has 0 spiro atoms. The highest BCUT2D eigenvalue weighted by Gasteiger charge is 2.35. The maximum absolute atomic E-state index is 13.2. The van der Waals surface area contributed by atoms with Crippen LogP contribution < -0.4 is 10.1 Å². The van der Waals surface area contributed by atoms with Gasteiger partial charge >= 0.3 is 6.36 Å². The lowest BCUT2D eigenvalue weighted by molar-refractivity contribution is -0.274. The molecule has 1 fully saturated rings. The van der Waals surface area contributed by atoms with Crippen molar-refractivity contribution in [1.29, 1.82) is 0 Å². The number of halogens is 3. The molecule has 1 N–H and O–H groups in total. The molecule has 31 heavy (non-hydrogen) atoms. The third kappa shape index (κ3) is 4.87. The Hall–Kier alpha value is -3.36. The third-order valence-electron chi connectivity index (χ3n) is 5.28. The number of alkyl halides is 3. The van der Waals surface area contributed by atoms with Crippen molar-refractivity contribution in [3.63, 3.8) is 0 Å². The molecular weight excluding hydrogens is 409 g/mol. The summed E-state index contributed by atoms with van der Waals surface area (Å²) in [6, 6.07) is 12.8. The van der Waals surface area contributed by atoms with Crippen molar-refractivity contribution < 1.29 is 22.7 Å². The number of carbonyl (C=O) groups is 1. The number of ether oxygens (including phenoxy) is 1. The first kappa shape index (κ1) is 20.9. The van der Waals surface area contributed by atoms with Gasteiger partial charge in [0.2, 0.25) is 0 Å². The Labute approximate surface area is 177 Å². The van der Waals surface area contributed by atoms with Crippen LogP contribution in [-0.4, -0.2) is 46.3 Å². The fourth-order valence-electron chi connectivity index (χ4n) is 3.85. The van der Waals surface area contributed by atoms with Gasteiger partial charge in [0.25, 0.3) is 5.91 Å². The van der Waals surface area contributed by atoms with Crippen LogP contribution in [0, 0.1) is 0 Å². The van der Waals surface area contributed by atoms with Crippen LogP contribution >= 0.6 is 0 Å². The monoisotopic (exact) mass is 430 g/mol. The summed E-state index contributed by atoms with van der Waals surface area (Å²) in [6.45, 7) is 0.894. The van der Waals surface area contributed by atoms with Crippen molar-refractivity contribution in [3.05, 3.63) is 60.4 Å². The normalized spacial score (nSPS) is 16.9. The number of hydrogen-bond donors (Lipinski definition) is 1. The van der Waals surface area contributed by atoms with Crippen molar-refractivity contribution in [1.82, 2.24) is 14.9 Å². The van der Waals surface area contributed by atoms with E-state index in [2.05, 4.69) is 20.0 Å². The smallest absolute Gasteiger partial charge is 0.405 e. The fraction of sp³-hybridized carbons (Fsp3) is 0.318. The topological polar surface area (TPSA) is 67.3 Å². The molecule has 4 rings (SSSR count). The van der Waals surface area contributed by atoms with Gasteiger partial charge in [0.05, 0.1) is 11.1 Å². The molecule has 0 aliphatic carbocycles. The van der Waals surface area contributed by atoms with Gasteiger partial charge in [-0.1, -0.05) is 24.3 Å². The van der Waals surface area contributed by atoms with E-state index >= 15 is 0 Å². The Kier molecular flexibility index (Phi) is 5.92. The Morgan fingerprint density at radius 1 is 1.10 bits per heavy atom. The first-order chi connectivity index (χ1) is 14.9. The number of likely N-dealkylation sites (tertiary alicyclic amines) is 1. The summed E-state index contributed by atoms with van der Waals surface area (Å²) in [7, 11) is 0. The number of nitrogens with one attached hydrogen (secondary N) is 1. The lowest BCUT2D eigenvalue weighted by Crippen LogP contribution is -2.47. The SMILES string of the molecule is O=C(c1ccccc1OC(F)(F)F)N1CCCC[C@H]1CNc1ncnc2ccccc12. The Morgan fingerprint density at radius 3 is 2.71 bits per heavy atom. The summed E-state index contributed by atoms with van der Waals surface area (Å²) >= 11 is 0. The zero-order chi connectivity index (χ0) is 21.8. The van der Waals surface area contributed by atoms with E-state index in [4.69, 9.17) is 0 Å². The van der Waals surface area contributed by atoms with Crippen molar-refractivity contribution in [2.24, 2.45) is 0 Å². The van der Waals surface area contributed by atoms with Crippen LogP contribution in [0.25, 0.3) is 10.9 Å². The summed E-state index contributed by atoms with van der Waals surface area (Å²) in [5.74, 6) is -0.303. The van der Waals surface area contributed by atoms with E-state index in [0.717, 1.165) is 36.2 Å². The molecular formula is C22H21F3N4O2. The standard InChI is InChI=1S/C22H21F3N4O2/c23-22(24,25)31-19-11-4-2-9-17(19)21(30)29-12-6-5-7-15(29)13-26-20-16-8-1-3-10-18(16)27-14-28-20/h1-4,8-11,14-15H,5-7,12-13H2,(H,26,27,28)/t15-/m0/s1. The molecule has 1 saturated heterocycles. The Morgan fingerprint density at radius 2 is 1.87 bits per heavy atom. The summed E-state index contributed by atoms with van der Waals surface area (Å²) in [5, 5.41) is 4.15. The van der Waals surface area contributed by atoms with Crippen LogP contribution in [-0.2, 0) is 0 Å². The van der Waals surface area contributed by atoms with Crippen LogP contribution in [0.4, 0.5) is 19.0 Å². The predicted octanol–water partition coefficient (Wildman–Crippen LogP) is 4.64. The largest absolute Gasteiger partial charge is 0.573 e. The molecule has 0 unspecified atom stereocenters. The average Bonchev–Trinajstić information content (AvgIpc) is 2.77. The van der Waals surface area contributed by atoms with Gasteiger partial charge in [0.1, 0.15) is 17.9 Å². The lowest BCUT2D eigenvalue weighted by atomic mass is 10.00. The van der Waals surface area contributed by atoms with Crippen molar-refractivity contribution in [2.45, 2.75) is 31.7 Å². The van der Waals surface area contributed by atoms with E-state index in [-0.39, 0.29) is 11.6 Å². The van der Waals surface area contributed by atoms with Gasteiger partial charge in [-0.25, -0.2) is 9.97 Å². The second-order valence-electron chi connectivity index (χ2n) is 7.31. The van der Waals surface area contributed by atoms with Gasteiger partial charge in [-0.2, -0.15) is 0 Å². The molecule has 1 atom stereocenters. The number of hydrogen-bond acceptors (Lipinski definition) is 5. The highest BCUT2D eigenvalue weighted by molar-refractivity contribution is 5.97. The number of anilines is 1. The number of carbonyl (C=O) groups excluding carboxylic acids is 1. The van der Waals surface area contributed by atoms with Crippen LogP contribution in [0.1, 0.15) is 29.6 Å². The molecule has 3 aromatic rings. The summed E-state index contributed by atoms with van der Waals surface area (Å²) < 4.78 is 42.4. The zero-order valence-electron chi connectivity index (χ0n) is 16.6. The minimum Gasteiger partial charge on any atom is -0.405 e. The van der Waals surface area contributed by atoms with E-state index in [1.165, 1.54) is 24.5 Å². The first-order valence-electron chi connectivity index (χ1n) is 10.0. The van der Waals surface area contributed by atoms with Crippen LogP contribution in [0.3, 0.4) is 0 Å². The highest BCUT2D eigenvalue weighted by Crippen LogP contribution is 2.29. The van der Waals surface area contributed by atoms with E-state index in [9.17, 15) is 18.0 Å². The molecule has 6 nitrogen and oxygen atoms in total. The number of amides is 1. The van der Waals surface area contributed by atoms with Gasteiger partial charge < -0.3 is 15.0 Å². The molecule has 1 aliphatic heterocycles. The number of aromatic nitrogens is 2. The van der Waals surface area contributed by atoms with Gasteiger partial charge in [-0.15, -0.1) is 13.2 Å². The molecule has 1 aromatic heterocycles. The van der Waals surface area contributed by atoms with Crippen LogP contribution in [0.15, 0.2) is 54.9 Å². The van der Waals surface area contributed by atoms with Crippen molar-refractivity contribution >= 4 is 22.6 Å². The fourth-order valence-corrected chi connectivity index (χ4v) is 3.85. The first-order valence-corrected chi connectivity index (χ1v) is 10.0. The maximum Gasteiger partial charge on any atom is 0.573 e. The summed E-state index contributed by atoms with van der Waals surface area (Å²) in [6.07, 6.45) is -0.932. The average molecular weight is 430 g/mol. The van der Waals surface area contributed by atoms with Gasteiger partial charge in [0, 0.05) is 24.5 Å². The number of benzene rings is 2. The molecule has 162 valence electrons. The lowest BCUT2D eigenvalue weighted by Gasteiger charge is -2.36. The Balaban J connectivity index is 1.53. The third-order valence-corrected chi connectivity index (χ3v) is 5.28. The van der Waals surface area contributed by atoms with Crippen LogP contribution in [0.5, 0.6) is 5.75 Å². The predicted molar refractivity (Wildman–Crippen MR) is 110 cm³/mol. The number of rotatable bonds is 5. The molecule has 1 amide bonds. The van der Waals surface area contributed by atoms with E-state index in [0.29, 0.717) is 18.9 Å². The van der Waals surface area contributed by atoms with E-state index in [1.807, 2.05) is 24.3 Å². The summed E-state index contributed by atoms with van der Waals surface area (Å²) in [5.41, 5.74) is 0.703. The number of para-hydroxylation sites is 2.